The third-order valence-corrected chi connectivity index (χ3v) is 3.40. The zero-order valence-electron chi connectivity index (χ0n) is 9.29. The maximum Gasteiger partial charge on any atom is 0.235 e. The van der Waals surface area contributed by atoms with Crippen LogP contribution in [-0.2, 0) is 17.0 Å². The van der Waals surface area contributed by atoms with Crippen LogP contribution in [0.1, 0.15) is 36.0 Å². The van der Waals surface area contributed by atoms with Gasteiger partial charge in [-0.1, -0.05) is 18.2 Å². The standard InChI is InChI=1S/C13H14FNO/c1-10-3-4-11(8-14)7-12(10)13(15-9-16)5-2-6-13/h3-4,7H,2,5-6,8H2,1H3. The highest BCUT2D eigenvalue weighted by Crippen LogP contribution is 2.46. The van der Waals surface area contributed by atoms with Gasteiger partial charge in [0.15, 0.2) is 0 Å². The molecular formula is C13H14FNO. The van der Waals surface area contributed by atoms with Gasteiger partial charge in [0.1, 0.15) is 6.67 Å². The summed E-state index contributed by atoms with van der Waals surface area (Å²) >= 11 is 0. The number of isocyanates is 1. The predicted molar refractivity (Wildman–Crippen MR) is 59.6 cm³/mol. The monoisotopic (exact) mass is 219 g/mol. The molecule has 1 aliphatic carbocycles. The smallest absolute Gasteiger partial charge is 0.235 e. The lowest BCUT2D eigenvalue weighted by Gasteiger charge is -2.38. The molecule has 0 radical (unpaired) electrons. The molecule has 0 spiro atoms. The van der Waals surface area contributed by atoms with Crippen molar-refractivity contribution in [2.45, 2.75) is 38.4 Å². The van der Waals surface area contributed by atoms with E-state index >= 15 is 0 Å². The average Bonchev–Trinajstić information content (AvgIpc) is 2.25. The molecule has 0 amide bonds. The minimum Gasteiger partial charge on any atom is -0.246 e. The van der Waals surface area contributed by atoms with Crippen molar-refractivity contribution in [2.24, 2.45) is 4.99 Å². The second kappa shape index (κ2) is 4.18. The number of rotatable bonds is 3. The van der Waals surface area contributed by atoms with Crippen LogP contribution in [0.2, 0.25) is 0 Å². The molecule has 0 N–H and O–H groups in total. The summed E-state index contributed by atoms with van der Waals surface area (Å²) in [6.07, 6.45) is 4.43. The summed E-state index contributed by atoms with van der Waals surface area (Å²) in [7, 11) is 0. The fourth-order valence-corrected chi connectivity index (χ4v) is 2.29. The number of benzene rings is 1. The number of aliphatic imine (C=N–C) groups is 1. The first-order valence-corrected chi connectivity index (χ1v) is 5.47. The van der Waals surface area contributed by atoms with Crippen molar-refractivity contribution in [2.75, 3.05) is 0 Å². The van der Waals surface area contributed by atoms with Gasteiger partial charge in [-0.3, -0.25) is 0 Å². The molecule has 0 unspecified atom stereocenters. The third-order valence-electron chi connectivity index (χ3n) is 3.40. The molecule has 84 valence electrons. The predicted octanol–water partition coefficient (Wildman–Crippen LogP) is 3.18. The maximum atomic E-state index is 12.6. The van der Waals surface area contributed by atoms with Gasteiger partial charge >= 0.3 is 0 Å². The highest BCUT2D eigenvalue weighted by Gasteiger charge is 2.39. The van der Waals surface area contributed by atoms with Crippen LogP contribution >= 0.6 is 0 Å². The molecule has 1 fully saturated rings. The van der Waals surface area contributed by atoms with E-state index in [0.717, 1.165) is 30.4 Å². The number of alkyl halides is 1. The Morgan fingerprint density at radius 1 is 1.50 bits per heavy atom. The zero-order valence-corrected chi connectivity index (χ0v) is 9.29. The quantitative estimate of drug-likeness (QED) is 0.567. The highest BCUT2D eigenvalue weighted by molar-refractivity contribution is 5.43. The van der Waals surface area contributed by atoms with E-state index in [0.29, 0.717) is 5.56 Å². The van der Waals surface area contributed by atoms with Crippen LogP contribution < -0.4 is 0 Å². The van der Waals surface area contributed by atoms with Gasteiger partial charge in [-0.15, -0.1) is 0 Å². The molecule has 0 heterocycles. The second-order valence-electron chi connectivity index (χ2n) is 4.37. The van der Waals surface area contributed by atoms with E-state index in [2.05, 4.69) is 4.99 Å². The Balaban J connectivity index is 2.48. The Morgan fingerprint density at radius 2 is 2.25 bits per heavy atom. The van der Waals surface area contributed by atoms with Crippen molar-refractivity contribution in [1.29, 1.82) is 0 Å². The van der Waals surface area contributed by atoms with Crippen molar-refractivity contribution in [1.82, 2.24) is 0 Å². The van der Waals surface area contributed by atoms with E-state index in [4.69, 9.17) is 0 Å². The minimum atomic E-state index is -0.478. The summed E-state index contributed by atoms with van der Waals surface area (Å²) in [5.41, 5.74) is 2.28. The zero-order chi connectivity index (χ0) is 11.6. The lowest BCUT2D eigenvalue weighted by Crippen LogP contribution is -2.32. The molecule has 0 bridgehead atoms. The van der Waals surface area contributed by atoms with E-state index in [9.17, 15) is 9.18 Å². The van der Waals surface area contributed by atoms with Crippen LogP contribution in [0.15, 0.2) is 23.2 Å². The normalized spacial score (nSPS) is 17.4. The first kappa shape index (κ1) is 11.0. The maximum absolute atomic E-state index is 12.6. The number of halogens is 1. The van der Waals surface area contributed by atoms with Gasteiger partial charge < -0.3 is 0 Å². The van der Waals surface area contributed by atoms with Crippen molar-refractivity contribution in [3.05, 3.63) is 34.9 Å². The van der Waals surface area contributed by atoms with Gasteiger partial charge in [0.05, 0.1) is 5.54 Å². The highest BCUT2D eigenvalue weighted by atomic mass is 19.1. The van der Waals surface area contributed by atoms with Crippen molar-refractivity contribution >= 4 is 6.08 Å². The van der Waals surface area contributed by atoms with Crippen LogP contribution in [0.25, 0.3) is 0 Å². The van der Waals surface area contributed by atoms with E-state index in [1.165, 1.54) is 0 Å². The van der Waals surface area contributed by atoms with Gasteiger partial charge in [0, 0.05) is 0 Å². The van der Waals surface area contributed by atoms with Crippen LogP contribution in [-0.4, -0.2) is 6.08 Å². The molecule has 2 nitrogen and oxygen atoms in total. The Hall–Kier alpha value is -1.47. The number of nitrogens with zero attached hydrogens (tertiary/aromatic N) is 1. The molecule has 1 aromatic rings. The first-order valence-electron chi connectivity index (χ1n) is 5.47. The van der Waals surface area contributed by atoms with Crippen molar-refractivity contribution in [3.8, 4) is 0 Å². The van der Waals surface area contributed by atoms with Crippen molar-refractivity contribution in [3.63, 3.8) is 0 Å². The number of hydrogen-bond donors (Lipinski definition) is 0. The summed E-state index contributed by atoms with van der Waals surface area (Å²) in [5.74, 6) is 0. The molecule has 1 saturated carbocycles. The lowest BCUT2D eigenvalue weighted by molar-refractivity contribution is 0.254. The third kappa shape index (κ3) is 1.68. The second-order valence-corrected chi connectivity index (χ2v) is 4.37. The minimum absolute atomic E-state index is 0.420. The van der Waals surface area contributed by atoms with Gasteiger partial charge in [0.25, 0.3) is 0 Å². The van der Waals surface area contributed by atoms with E-state index < -0.39 is 12.2 Å². The molecule has 0 aromatic heterocycles. The number of aryl methyl sites for hydroxylation is 1. The summed E-state index contributed by atoms with van der Waals surface area (Å²) in [4.78, 5) is 14.4. The lowest BCUT2D eigenvalue weighted by atomic mass is 9.71. The number of hydrogen-bond acceptors (Lipinski definition) is 2. The molecule has 3 heteroatoms. The van der Waals surface area contributed by atoms with Crippen LogP contribution in [0.5, 0.6) is 0 Å². The molecule has 1 aromatic carbocycles. The first-order chi connectivity index (χ1) is 7.72. The van der Waals surface area contributed by atoms with E-state index in [1.54, 1.807) is 12.1 Å². The molecule has 2 rings (SSSR count). The average molecular weight is 219 g/mol. The molecule has 16 heavy (non-hydrogen) atoms. The van der Waals surface area contributed by atoms with Gasteiger partial charge in [-0.25, -0.2) is 9.18 Å². The van der Waals surface area contributed by atoms with E-state index in [1.807, 2.05) is 19.1 Å². The fourth-order valence-electron chi connectivity index (χ4n) is 2.29. The largest absolute Gasteiger partial charge is 0.246 e. The Morgan fingerprint density at radius 3 is 2.75 bits per heavy atom. The Bertz CT molecular complexity index is 445. The fraction of sp³-hybridized carbons (Fsp3) is 0.462. The van der Waals surface area contributed by atoms with Crippen LogP contribution in [0.4, 0.5) is 4.39 Å². The SMILES string of the molecule is Cc1ccc(CF)cc1C1(N=C=O)CCC1. The molecule has 0 aliphatic heterocycles. The number of carbonyl (C=O) groups excluding carboxylic acids is 1. The summed E-state index contributed by atoms with van der Waals surface area (Å²) < 4.78 is 12.6. The Labute approximate surface area is 94.2 Å². The molecule has 0 atom stereocenters. The summed E-state index contributed by atoms with van der Waals surface area (Å²) in [6, 6.07) is 5.50. The Kier molecular flexibility index (Phi) is 2.88. The van der Waals surface area contributed by atoms with Gasteiger partial charge in [-0.2, -0.15) is 4.99 Å². The van der Waals surface area contributed by atoms with Gasteiger partial charge in [0.2, 0.25) is 6.08 Å². The topological polar surface area (TPSA) is 29.4 Å². The molecular weight excluding hydrogens is 205 g/mol. The van der Waals surface area contributed by atoms with Gasteiger partial charge in [-0.05, 0) is 42.9 Å². The molecule has 0 saturated heterocycles. The summed E-state index contributed by atoms with van der Waals surface area (Å²) in [5, 5.41) is 0. The molecule has 1 aliphatic rings. The van der Waals surface area contributed by atoms with E-state index in [-0.39, 0.29) is 0 Å². The summed E-state index contributed by atoms with van der Waals surface area (Å²) in [6.45, 7) is 1.49. The van der Waals surface area contributed by atoms with Crippen LogP contribution in [0, 0.1) is 6.92 Å². The van der Waals surface area contributed by atoms with Crippen LogP contribution in [0.3, 0.4) is 0 Å². The van der Waals surface area contributed by atoms with Crippen molar-refractivity contribution < 1.29 is 9.18 Å².